The van der Waals surface area contributed by atoms with Crippen molar-refractivity contribution in [1.29, 1.82) is 5.26 Å². The van der Waals surface area contributed by atoms with Crippen LogP contribution >= 0.6 is 23.2 Å². The standard InChI is InChI=1S/C16H14Cl2N4/c17-13-3-1-2-4-15(13)21-5-7-22(8-6-21)16-14(18)9-12(10-19)11-20-16/h1-4,9,11H,5-8H2. The molecule has 0 aliphatic carbocycles. The molecule has 1 saturated heterocycles. The highest BCUT2D eigenvalue weighted by atomic mass is 35.5. The quantitative estimate of drug-likeness (QED) is 0.842. The van der Waals surface area contributed by atoms with Gasteiger partial charge in [0.2, 0.25) is 0 Å². The summed E-state index contributed by atoms with van der Waals surface area (Å²) in [7, 11) is 0. The predicted molar refractivity (Wildman–Crippen MR) is 89.8 cm³/mol. The number of anilines is 2. The van der Waals surface area contributed by atoms with Gasteiger partial charge in [0.1, 0.15) is 11.9 Å². The third-order valence-electron chi connectivity index (χ3n) is 3.72. The highest BCUT2D eigenvalue weighted by Gasteiger charge is 2.21. The molecule has 4 nitrogen and oxygen atoms in total. The maximum atomic E-state index is 8.87. The van der Waals surface area contributed by atoms with Crippen LogP contribution in [0.2, 0.25) is 10.0 Å². The van der Waals surface area contributed by atoms with E-state index in [9.17, 15) is 0 Å². The number of benzene rings is 1. The van der Waals surface area contributed by atoms with E-state index in [1.165, 1.54) is 0 Å². The maximum Gasteiger partial charge on any atom is 0.147 e. The fourth-order valence-corrected chi connectivity index (χ4v) is 3.13. The summed E-state index contributed by atoms with van der Waals surface area (Å²) in [6.45, 7) is 3.32. The molecule has 0 amide bonds. The number of hydrogen-bond acceptors (Lipinski definition) is 4. The largest absolute Gasteiger partial charge is 0.367 e. The topological polar surface area (TPSA) is 43.2 Å². The number of aromatic nitrogens is 1. The molecule has 1 aromatic heterocycles. The normalized spacial score (nSPS) is 14.8. The molecule has 1 aliphatic heterocycles. The van der Waals surface area contributed by atoms with Crippen LogP contribution in [-0.4, -0.2) is 31.2 Å². The van der Waals surface area contributed by atoms with E-state index in [4.69, 9.17) is 28.5 Å². The summed E-state index contributed by atoms with van der Waals surface area (Å²) < 4.78 is 0. The minimum atomic E-state index is 0.475. The van der Waals surface area contributed by atoms with E-state index in [0.29, 0.717) is 10.6 Å². The third-order valence-corrected chi connectivity index (χ3v) is 4.32. The van der Waals surface area contributed by atoms with Crippen molar-refractivity contribution in [1.82, 2.24) is 4.98 Å². The van der Waals surface area contributed by atoms with Gasteiger partial charge in [-0.15, -0.1) is 0 Å². The first-order chi connectivity index (χ1) is 10.7. The molecule has 0 spiro atoms. The fraction of sp³-hybridized carbons (Fsp3) is 0.250. The Bertz CT molecular complexity index is 718. The van der Waals surface area contributed by atoms with Gasteiger partial charge in [0.25, 0.3) is 0 Å². The van der Waals surface area contributed by atoms with Gasteiger partial charge in [-0.05, 0) is 18.2 Å². The Hall–Kier alpha value is -1.96. The summed E-state index contributed by atoms with van der Waals surface area (Å²) >= 11 is 12.5. The van der Waals surface area contributed by atoms with Crippen LogP contribution < -0.4 is 9.80 Å². The molecule has 0 N–H and O–H groups in total. The van der Waals surface area contributed by atoms with Crippen LogP contribution in [0.3, 0.4) is 0 Å². The highest BCUT2D eigenvalue weighted by molar-refractivity contribution is 6.33. The minimum Gasteiger partial charge on any atom is -0.367 e. The molecule has 0 unspecified atom stereocenters. The fourth-order valence-electron chi connectivity index (χ4n) is 2.59. The van der Waals surface area contributed by atoms with Gasteiger partial charge in [0.05, 0.1) is 21.3 Å². The maximum absolute atomic E-state index is 8.87. The average molecular weight is 333 g/mol. The molecule has 22 heavy (non-hydrogen) atoms. The van der Waals surface area contributed by atoms with Crippen LogP contribution in [0.25, 0.3) is 0 Å². The first kappa shape index (κ1) is 15.0. The molecule has 0 atom stereocenters. The number of nitrogens with zero attached hydrogens (tertiary/aromatic N) is 4. The monoisotopic (exact) mass is 332 g/mol. The second-order valence-corrected chi connectivity index (χ2v) is 5.88. The lowest BCUT2D eigenvalue weighted by Crippen LogP contribution is -2.47. The van der Waals surface area contributed by atoms with E-state index < -0.39 is 0 Å². The van der Waals surface area contributed by atoms with E-state index in [-0.39, 0.29) is 0 Å². The number of para-hydroxylation sites is 1. The summed E-state index contributed by atoms with van der Waals surface area (Å²) in [5, 5.41) is 10.2. The smallest absolute Gasteiger partial charge is 0.147 e. The first-order valence-corrected chi connectivity index (χ1v) is 7.74. The van der Waals surface area contributed by atoms with Gasteiger partial charge in [-0.3, -0.25) is 0 Å². The summed E-state index contributed by atoms with van der Waals surface area (Å²) in [6.07, 6.45) is 1.56. The Morgan fingerprint density at radius 2 is 1.68 bits per heavy atom. The van der Waals surface area contributed by atoms with Crippen molar-refractivity contribution in [3.63, 3.8) is 0 Å². The van der Waals surface area contributed by atoms with E-state index >= 15 is 0 Å². The zero-order valence-corrected chi connectivity index (χ0v) is 13.3. The molecular weight excluding hydrogens is 319 g/mol. The van der Waals surface area contributed by atoms with Crippen LogP contribution in [0.4, 0.5) is 11.5 Å². The zero-order valence-electron chi connectivity index (χ0n) is 11.8. The van der Waals surface area contributed by atoms with E-state index in [0.717, 1.165) is 42.7 Å². The third kappa shape index (κ3) is 2.96. The minimum absolute atomic E-state index is 0.475. The molecule has 1 aliphatic rings. The average Bonchev–Trinajstić information content (AvgIpc) is 2.55. The highest BCUT2D eigenvalue weighted by Crippen LogP contribution is 2.29. The van der Waals surface area contributed by atoms with Crippen molar-refractivity contribution < 1.29 is 0 Å². The SMILES string of the molecule is N#Cc1cnc(N2CCN(c3ccccc3Cl)CC2)c(Cl)c1. The molecule has 1 fully saturated rings. The van der Waals surface area contributed by atoms with Crippen molar-refractivity contribution >= 4 is 34.7 Å². The van der Waals surface area contributed by atoms with Gasteiger partial charge in [-0.2, -0.15) is 5.26 Å². The molecular formula is C16H14Cl2N4. The van der Waals surface area contributed by atoms with Gasteiger partial charge >= 0.3 is 0 Å². The second kappa shape index (κ2) is 6.43. The lowest BCUT2D eigenvalue weighted by molar-refractivity contribution is 0.647. The molecule has 6 heteroatoms. The molecule has 1 aromatic carbocycles. The van der Waals surface area contributed by atoms with E-state index in [1.807, 2.05) is 30.3 Å². The summed E-state index contributed by atoms with van der Waals surface area (Å²) in [4.78, 5) is 8.71. The van der Waals surface area contributed by atoms with Crippen molar-refractivity contribution in [3.05, 3.63) is 52.1 Å². The number of halogens is 2. The lowest BCUT2D eigenvalue weighted by atomic mass is 10.2. The van der Waals surface area contributed by atoms with Crippen molar-refractivity contribution in [3.8, 4) is 6.07 Å². The van der Waals surface area contributed by atoms with Crippen molar-refractivity contribution in [2.45, 2.75) is 0 Å². The van der Waals surface area contributed by atoms with Gasteiger partial charge < -0.3 is 9.80 Å². The Kier molecular flexibility index (Phi) is 4.37. The first-order valence-electron chi connectivity index (χ1n) is 6.99. The Morgan fingerprint density at radius 3 is 2.32 bits per heavy atom. The Labute approximate surface area is 139 Å². The van der Waals surface area contributed by atoms with Crippen molar-refractivity contribution in [2.24, 2.45) is 0 Å². The molecule has 3 rings (SSSR count). The summed E-state index contributed by atoms with van der Waals surface area (Å²) in [5.74, 6) is 0.736. The van der Waals surface area contributed by atoms with Gasteiger partial charge in [-0.25, -0.2) is 4.98 Å². The van der Waals surface area contributed by atoms with Gasteiger partial charge in [-0.1, -0.05) is 35.3 Å². The molecule has 112 valence electrons. The van der Waals surface area contributed by atoms with Crippen LogP contribution in [0.15, 0.2) is 36.5 Å². The second-order valence-electron chi connectivity index (χ2n) is 5.07. The molecule has 2 heterocycles. The number of pyridine rings is 1. The lowest BCUT2D eigenvalue weighted by Gasteiger charge is -2.37. The number of piperazine rings is 1. The molecule has 2 aromatic rings. The van der Waals surface area contributed by atoms with Gasteiger partial charge in [0, 0.05) is 32.4 Å². The predicted octanol–water partition coefficient (Wildman–Crippen LogP) is 3.59. The summed E-state index contributed by atoms with van der Waals surface area (Å²) in [5.41, 5.74) is 1.53. The van der Waals surface area contributed by atoms with E-state index in [1.54, 1.807) is 12.3 Å². The number of nitriles is 1. The van der Waals surface area contributed by atoms with Crippen LogP contribution in [0.5, 0.6) is 0 Å². The summed E-state index contributed by atoms with van der Waals surface area (Å²) in [6, 6.07) is 11.6. The van der Waals surface area contributed by atoms with Gasteiger partial charge in [0.15, 0.2) is 0 Å². The zero-order chi connectivity index (χ0) is 15.5. The molecule has 0 radical (unpaired) electrons. The number of hydrogen-bond donors (Lipinski definition) is 0. The van der Waals surface area contributed by atoms with Crippen LogP contribution in [0, 0.1) is 11.3 Å². The molecule has 0 saturated carbocycles. The van der Waals surface area contributed by atoms with E-state index in [2.05, 4.69) is 14.8 Å². The van der Waals surface area contributed by atoms with Crippen LogP contribution in [-0.2, 0) is 0 Å². The Morgan fingerprint density at radius 1 is 1.00 bits per heavy atom. The van der Waals surface area contributed by atoms with Crippen molar-refractivity contribution in [2.75, 3.05) is 36.0 Å². The Balaban J connectivity index is 1.72. The number of rotatable bonds is 2. The molecule has 0 bridgehead atoms. The van der Waals surface area contributed by atoms with Crippen LogP contribution in [0.1, 0.15) is 5.56 Å².